The van der Waals surface area contributed by atoms with Crippen molar-refractivity contribution in [2.24, 2.45) is 0 Å². The van der Waals surface area contributed by atoms with Gasteiger partial charge in [-0.2, -0.15) is 0 Å². The summed E-state index contributed by atoms with van der Waals surface area (Å²) in [6, 6.07) is 15.9. The van der Waals surface area contributed by atoms with E-state index in [0.717, 1.165) is 48.3 Å². The molecule has 0 saturated heterocycles. The summed E-state index contributed by atoms with van der Waals surface area (Å²) in [5.41, 5.74) is 2.08. The third kappa shape index (κ3) is 4.53. The molecule has 0 fully saturated rings. The molecule has 140 valence electrons. The molecule has 2 aromatic rings. The Balaban J connectivity index is 1.58. The number of fused-ring (bicyclic) bond motifs is 1. The first-order valence-electron chi connectivity index (χ1n) is 9.33. The van der Waals surface area contributed by atoms with Crippen molar-refractivity contribution in [1.82, 2.24) is 0 Å². The average molecular weight is 362 g/mol. The lowest BCUT2D eigenvalue weighted by atomic mass is 10.3. The van der Waals surface area contributed by atoms with E-state index in [2.05, 4.69) is 42.8 Å². The zero-order valence-corrected chi connectivity index (χ0v) is 15.9. The molecular formula is C23H26N2O2. The molecule has 0 aliphatic carbocycles. The number of anilines is 2. The van der Waals surface area contributed by atoms with Crippen LogP contribution in [0.25, 0.3) is 0 Å². The van der Waals surface area contributed by atoms with Gasteiger partial charge < -0.3 is 19.7 Å². The molecule has 0 spiro atoms. The van der Waals surface area contributed by atoms with E-state index in [0.29, 0.717) is 5.76 Å². The number of rotatable bonds is 8. The Morgan fingerprint density at radius 2 is 1.93 bits per heavy atom. The second-order valence-electron chi connectivity index (χ2n) is 6.09. The van der Waals surface area contributed by atoms with E-state index in [9.17, 15) is 0 Å². The van der Waals surface area contributed by atoms with Crippen LogP contribution in [0, 0.1) is 0 Å². The number of hydrogen-bond donors (Lipinski definition) is 1. The Morgan fingerprint density at radius 3 is 2.74 bits per heavy atom. The monoisotopic (exact) mass is 362 g/mol. The minimum absolute atomic E-state index is 0.599. The maximum Gasteiger partial charge on any atom is 0.196 e. The summed E-state index contributed by atoms with van der Waals surface area (Å²) in [6.07, 6.45) is 6.71. The topological polar surface area (TPSA) is 33.7 Å². The molecule has 1 heterocycles. The summed E-state index contributed by atoms with van der Waals surface area (Å²) < 4.78 is 11.8. The molecule has 0 atom stereocenters. The molecule has 0 unspecified atom stereocenters. The number of ether oxygens (including phenoxy) is 2. The first-order chi connectivity index (χ1) is 13.2. The van der Waals surface area contributed by atoms with Crippen LogP contribution in [0.5, 0.6) is 11.5 Å². The fourth-order valence-corrected chi connectivity index (χ4v) is 2.97. The van der Waals surface area contributed by atoms with Crippen LogP contribution in [-0.4, -0.2) is 13.1 Å². The third-order valence-corrected chi connectivity index (χ3v) is 4.18. The number of para-hydroxylation sites is 4. The summed E-state index contributed by atoms with van der Waals surface area (Å²) in [4.78, 5) is 2.17. The molecule has 0 bridgehead atoms. The molecule has 0 amide bonds. The quantitative estimate of drug-likeness (QED) is 0.481. The zero-order chi connectivity index (χ0) is 19.1. The molecule has 27 heavy (non-hydrogen) atoms. The van der Waals surface area contributed by atoms with E-state index in [-0.39, 0.29) is 0 Å². The van der Waals surface area contributed by atoms with Crippen molar-refractivity contribution in [3.63, 3.8) is 0 Å². The normalized spacial score (nSPS) is 14.3. The van der Waals surface area contributed by atoms with Crippen LogP contribution in [0.3, 0.4) is 0 Å². The zero-order valence-electron chi connectivity index (χ0n) is 15.9. The largest absolute Gasteiger partial charge is 0.456 e. The van der Waals surface area contributed by atoms with Crippen LogP contribution >= 0.6 is 0 Å². The van der Waals surface area contributed by atoms with E-state index in [1.54, 1.807) is 0 Å². The van der Waals surface area contributed by atoms with Crippen LogP contribution in [0.1, 0.15) is 20.3 Å². The Morgan fingerprint density at radius 1 is 1.15 bits per heavy atom. The Bertz CT molecular complexity index is 855. The van der Waals surface area contributed by atoms with Crippen LogP contribution in [0.15, 0.2) is 85.0 Å². The maximum atomic E-state index is 5.95. The van der Waals surface area contributed by atoms with Crippen molar-refractivity contribution in [3.05, 3.63) is 85.0 Å². The fourth-order valence-electron chi connectivity index (χ4n) is 2.97. The predicted molar refractivity (Wildman–Crippen MR) is 112 cm³/mol. The fraction of sp³-hybridized carbons (Fsp3) is 0.217. The van der Waals surface area contributed by atoms with Gasteiger partial charge in [-0.15, -0.1) is 0 Å². The lowest BCUT2D eigenvalue weighted by Crippen LogP contribution is -2.19. The molecule has 4 heteroatoms. The highest BCUT2D eigenvalue weighted by Crippen LogP contribution is 2.38. The van der Waals surface area contributed by atoms with Gasteiger partial charge in [0.25, 0.3) is 0 Å². The highest BCUT2D eigenvalue weighted by atomic mass is 16.5. The highest BCUT2D eigenvalue weighted by Gasteiger charge is 2.23. The summed E-state index contributed by atoms with van der Waals surface area (Å²) in [7, 11) is 0. The Hall–Kier alpha value is -3.14. The first-order valence-corrected chi connectivity index (χ1v) is 9.33. The smallest absolute Gasteiger partial charge is 0.196 e. The van der Waals surface area contributed by atoms with Crippen molar-refractivity contribution in [1.29, 1.82) is 0 Å². The molecule has 2 aromatic carbocycles. The number of benzene rings is 2. The van der Waals surface area contributed by atoms with Gasteiger partial charge in [0.15, 0.2) is 11.6 Å². The Labute approximate surface area is 161 Å². The SMILES string of the molecule is C=C(C=CCC=C1Oc2ccccc2N1CC)Oc1ccccc1NCC. The second-order valence-corrected chi connectivity index (χ2v) is 6.09. The number of nitrogens with one attached hydrogen (secondary N) is 1. The van der Waals surface area contributed by atoms with Crippen LogP contribution < -0.4 is 19.7 Å². The lowest BCUT2D eigenvalue weighted by molar-refractivity contribution is 0.437. The molecule has 0 radical (unpaired) electrons. The number of nitrogens with zero attached hydrogens (tertiary/aromatic N) is 1. The molecule has 3 rings (SSSR count). The number of allylic oxidation sites excluding steroid dienone is 3. The van der Waals surface area contributed by atoms with Gasteiger partial charge >= 0.3 is 0 Å². The number of hydrogen-bond acceptors (Lipinski definition) is 4. The summed E-state index contributed by atoms with van der Waals surface area (Å²) in [5.74, 6) is 3.15. The van der Waals surface area contributed by atoms with Gasteiger partial charge in [-0.1, -0.05) is 36.9 Å². The minimum atomic E-state index is 0.599. The van der Waals surface area contributed by atoms with E-state index in [1.165, 1.54) is 0 Å². The van der Waals surface area contributed by atoms with E-state index in [1.807, 2.05) is 54.6 Å². The third-order valence-electron chi connectivity index (χ3n) is 4.18. The van der Waals surface area contributed by atoms with Gasteiger partial charge in [0.05, 0.1) is 11.4 Å². The predicted octanol–water partition coefficient (Wildman–Crippen LogP) is 5.72. The van der Waals surface area contributed by atoms with Gasteiger partial charge in [-0.3, -0.25) is 0 Å². The summed E-state index contributed by atoms with van der Waals surface area (Å²) in [6.45, 7) is 9.86. The average Bonchev–Trinajstić information content (AvgIpc) is 3.04. The van der Waals surface area contributed by atoms with Crippen molar-refractivity contribution in [3.8, 4) is 11.5 Å². The van der Waals surface area contributed by atoms with Crippen molar-refractivity contribution < 1.29 is 9.47 Å². The van der Waals surface area contributed by atoms with Gasteiger partial charge in [-0.25, -0.2) is 0 Å². The Kier molecular flexibility index (Phi) is 6.21. The molecule has 0 saturated carbocycles. The molecule has 1 aliphatic rings. The highest BCUT2D eigenvalue weighted by molar-refractivity contribution is 5.66. The van der Waals surface area contributed by atoms with E-state index < -0.39 is 0 Å². The maximum absolute atomic E-state index is 5.95. The van der Waals surface area contributed by atoms with Gasteiger partial charge in [0.2, 0.25) is 0 Å². The van der Waals surface area contributed by atoms with Gasteiger partial charge in [0, 0.05) is 13.1 Å². The summed E-state index contributed by atoms with van der Waals surface area (Å²) >= 11 is 0. The van der Waals surface area contributed by atoms with Crippen molar-refractivity contribution in [2.45, 2.75) is 20.3 Å². The standard InChI is InChI=1S/C23H26N2O2/c1-4-24-19-13-7-9-15-21(19)26-18(3)12-6-11-17-23-25(5-2)20-14-8-10-16-22(20)27-23/h6-10,12-17,24H,3-5,11H2,1-2H3. The summed E-state index contributed by atoms with van der Waals surface area (Å²) in [5, 5.41) is 3.28. The molecular weight excluding hydrogens is 336 g/mol. The van der Waals surface area contributed by atoms with E-state index >= 15 is 0 Å². The first kappa shape index (κ1) is 18.6. The van der Waals surface area contributed by atoms with Crippen LogP contribution in [0.4, 0.5) is 11.4 Å². The van der Waals surface area contributed by atoms with Crippen LogP contribution in [-0.2, 0) is 0 Å². The molecule has 4 nitrogen and oxygen atoms in total. The second kappa shape index (κ2) is 8.99. The molecule has 1 aliphatic heterocycles. The van der Waals surface area contributed by atoms with Gasteiger partial charge in [-0.05, 0) is 56.7 Å². The minimum Gasteiger partial charge on any atom is -0.456 e. The van der Waals surface area contributed by atoms with Gasteiger partial charge in [0.1, 0.15) is 11.5 Å². The van der Waals surface area contributed by atoms with E-state index in [4.69, 9.17) is 9.47 Å². The lowest BCUT2D eigenvalue weighted by Gasteiger charge is -2.15. The molecule has 0 aromatic heterocycles. The van der Waals surface area contributed by atoms with Crippen molar-refractivity contribution in [2.75, 3.05) is 23.3 Å². The van der Waals surface area contributed by atoms with Crippen molar-refractivity contribution >= 4 is 11.4 Å². The molecule has 1 N–H and O–H groups in total. The van der Waals surface area contributed by atoms with Crippen LogP contribution in [0.2, 0.25) is 0 Å².